The van der Waals surface area contributed by atoms with Crippen LogP contribution in [-0.4, -0.2) is 23.4 Å². The van der Waals surface area contributed by atoms with Gasteiger partial charge in [-0.25, -0.2) is 4.98 Å². The quantitative estimate of drug-likeness (QED) is 0.862. The highest BCUT2D eigenvalue weighted by atomic mass is 35.5. The molecule has 0 fully saturated rings. The maximum absolute atomic E-state index is 11.1. The number of nitrogens with one attached hydrogen (secondary N) is 1. The van der Waals surface area contributed by atoms with E-state index in [1.165, 1.54) is 6.92 Å². The lowest BCUT2D eigenvalue weighted by molar-refractivity contribution is -0.114. The normalized spacial score (nSPS) is 9.50. The molecule has 1 heterocycles. The molecular weight excluding hydrogens is 264 g/mol. The van der Waals surface area contributed by atoms with Gasteiger partial charge in [-0.2, -0.15) is 0 Å². The molecule has 16 heavy (non-hydrogen) atoms. The van der Waals surface area contributed by atoms with Gasteiger partial charge in [0.2, 0.25) is 5.91 Å². The van der Waals surface area contributed by atoms with Crippen LogP contribution < -0.4 is 5.32 Å². The van der Waals surface area contributed by atoms with Crippen LogP contribution in [0.15, 0.2) is 16.0 Å². The van der Waals surface area contributed by atoms with Gasteiger partial charge in [0.05, 0.1) is 5.69 Å². The van der Waals surface area contributed by atoms with Crippen molar-refractivity contribution in [3.63, 3.8) is 0 Å². The van der Waals surface area contributed by atoms with Gasteiger partial charge in [0.25, 0.3) is 0 Å². The van der Waals surface area contributed by atoms with Crippen molar-refractivity contribution in [2.24, 2.45) is 0 Å². The second-order valence-corrected chi connectivity index (χ2v) is 4.67. The summed E-state index contributed by atoms with van der Waals surface area (Å²) >= 11 is 3.16. The lowest BCUT2D eigenvalue weighted by Crippen LogP contribution is -2.09. The largest absolute Gasteiger partial charge is 0.323 e. The van der Waals surface area contributed by atoms with Gasteiger partial charge in [-0.05, 0) is 25.5 Å². The first-order valence-electron chi connectivity index (χ1n) is 4.45. The van der Waals surface area contributed by atoms with Crippen molar-refractivity contribution in [2.75, 3.05) is 17.8 Å². The molecule has 0 aliphatic rings. The summed E-state index contributed by atoms with van der Waals surface area (Å²) in [6, 6.07) is 1.98. The van der Waals surface area contributed by atoms with Crippen LogP contribution in [-0.2, 0) is 4.79 Å². The van der Waals surface area contributed by atoms with E-state index in [2.05, 4.69) is 10.3 Å². The average Bonchev–Trinajstić information content (AvgIpc) is 2.19. The number of amides is 1. The van der Waals surface area contributed by atoms with Crippen LogP contribution in [0.1, 0.15) is 12.6 Å². The van der Waals surface area contributed by atoms with Crippen molar-refractivity contribution < 1.29 is 4.79 Å². The number of carbonyl (C=O) groups is 1. The highest BCUT2D eigenvalue weighted by Gasteiger charge is 2.11. The molecule has 1 aromatic heterocycles. The molecule has 0 aliphatic carbocycles. The Morgan fingerprint density at radius 3 is 2.44 bits per heavy atom. The molecule has 3 nitrogen and oxygen atoms in total. The monoisotopic (exact) mass is 278 g/mol. The molecule has 1 aromatic rings. The second-order valence-electron chi connectivity index (χ2n) is 3.03. The molecule has 0 aliphatic heterocycles. The lowest BCUT2D eigenvalue weighted by Gasteiger charge is -2.12. The first-order chi connectivity index (χ1) is 7.08. The minimum absolute atomic E-state index is 0. The molecule has 0 saturated heterocycles. The number of halogens is 1. The molecule has 6 heteroatoms. The number of rotatable bonds is 3. The summed E-state index contributed by atoms with van der Waals surface area (Å²) in [6.07, 6.45) is 3.95. The summed E-state index contributed by atoms with van der Waals surface area (Å²) in [7, 11) is 0. The standard InChI is InChI=1S/C10H14N2OS2.ClH/c1-6-5-8(14-3)9(12-7(2)13)10(11-6)15-4;/h5H,1-4H3,(H,12,13);1H. The van der Waals surface area contributed by atoms with Crippen molar-refractivity contribution >= 4 is 47.5 Å². The number of anilines is 1. The van der Waals surface area contributed by atoms with Crippen molar-refractivity contribution in [1.29, 1.82) is 0 Å². The van der Waals surface area contributed by atoms with Gasteiger partial charge in [0.1, 0.15) is 5.03 Å². The van der Waals surface area contributed by atoms with Crippen LogP contribution >= 0.6 is 35.9 Å². The van der Waals surface area contributed by atoms with Gasteiger partial charge in [0, 0.05) is 17.5 Å². The molecule has 90 valence electrons. The molecule has 0 radical (unpaired) electrons. The molecule has 1 rings (SSSR count). The average molecular weight is 279 g/mol. The third-order valence-corrected chi connectivity index (χ3v) is 3.24. The van der Waals surface area contributed by atoms with E-state index in [0.717, 1.165) is 21.3 Å². The molecule has 1 amide bonds. The summed E-state index contributed by atoms with van der Waals surface area (Å²) in [6.45, 7) is 3.46. The van der Waals surface area contributed by atoms with E-state index in [-0.39, 0.29) is 18.3 Å². The molecule has 0 aromatic carbocycles. The molecule has 0 spiro atoms. The number of thioether (sulfide) groups is 2. The van der Waals surface area contributed by atoms with E-state index < -0.39 is 0 Å². The molecule has 0 atom stereocenters. The molecule has 1 N–H and O–H groups in total. The topological polar surface area (TPSA) is 42.0 Å². The van der Waals surface area contributed by atoms with E-state index in [1.807, 2.05) is 25.5 Å². The predicted octanol–water partition coefficient (Wildman–Crippen LogP) is 3.21. The van der Waals surface area contributed by atoms with Gasteiger partial charge >= 0.3 is 0 Å². The summed E-state index contributed by atoms with van der Waals surface area (Å²) in [5.41, 5.74) is 1.80. The maximum atomic E-state index is 11.1. The Morgan fingerprint density at radius 2 is 2.00 bits per heavy atom. The minimum Gasteiger partial charge on any atom is -0.323 e. The zero-order chi connectivity index (χ0) is 11.4. The Balaban J connectivity index is 0.00000225. The maximum Gasteiger partial charge on any atom is 0.221 e. The Bertz CT molecular complexity index is 360. The fraction of sp³-hybridized carbons (Fsp3) is 0.400. The molecule has 0 bridgehead atoms. The van der Waals surface area contributed by atoms with Gasteiger partial charge < -0.3 is 5.32 Å². The van der Waals surface area contributed by atoms with E-state index in [9.17, 15) is 4.79 Å². The van der Waals surface area contributed by atoms with Gasteiger partial charge in [-0.1, -0.05) is 0 Å². The van der Waals surface area contributed by atoms with E-state index in [1.54, 1.807) is 23.5 Å². The first kappa shape index (κ1) is 15.6. The van der Waals surface area contributed by atoms with Crippen LogP contribution in [0.5, 0.6) is 0 Å². The fourth-order valence-corrected chi connectivity index (χ4v) is 2.52. The third kappa shape index (κ3) is 3.88. The number of nitrogens with zero attached hydrogens (tertiary/aromatic N) is 1. The van der Waals surface area contributed by atoms with E-state index in [4.69, 9.17) is 0 Å². The number of pyridine rings is 1. The van der Waals surface area contributed by atoms with Crippen molar-refractivity contribution in [1.82, 2.24) is 4.98 Å². The summed E-state index contributed by atoms with van der Waals surface area (Å²) in [5, 5.41) is 3.70. The van der Waals surface area contributed by atoms with Crippen LogP contribution in [0.25, 0.3) is 0 Å². The second kappa shape index (κ2) is 7.04. The highest BCUT2D eigenvalue weighted by molar-refractivity contribution is 7.99. The van der Waals surface area contributed by atoms with E-state index in [0.29, 0.717) is 0 Å². The van der Waals surface area contributed by atoms with E-state index >= 15 is 0 Å². The molecule has 0 saturated carbocycles. The number of aryl methyl sites for hydroxylation is 1. The van der Waals surface area contributed by atoms with Crippen LogP contribution in [0.3, 0.4) is 0 Å². The summed E-state index contributed by atoms with van der Waals surface area (Å²) in [5.74, 6) is -0.0637. The number of carbonyl (C=O) groups excluding carboxylic acids is 1. The smallest absolute Gasteiger partial charge is 0.221 e. The van der Waals surface area contributed by atoms with Crippen LogP contribution in [0.2, 0.25) is 0 Å². The van der Waals surface area contributed by atoms with Gasteiger partial charge in [0.15, 0.2) is 0 Å². The minimum atomic E-state index is -0.0637. The predicted molar refractivity (Wildman–Crippen MR) is 74.1 cm³/mol. The Labute approximate surface area is 111 Å². The first-order valence-corrected chi connectivity index (χ1v) is 6.90. The highest BCUT2D eigenvalue weighted by Crippen LogP contribution is 2.33. The zero-order valence-corrected chi connectivity index (χ0v) is 12.1. The summed E-state index contributed by atoms with van der Waals surface area (Å²) in [4.78, 5) is 16.5. The van der Waals surface area contributed by atoms with Gasteiger partial charge in [-0.15, -0.1) is 35.9 Å². The number of aromatic nitrogens is 1. The Kier molecular flexibility index (Phi) is 6.87. The SMILES string of the molecule is CSc1cc(C)nc(SC)c1NC(C)=O.Cl. The van der Waals surface area contributed by atoms with Crippen molar-refractivity contribution in [2.45, 2.75) is 23.8 Å². The zero-order valence-electron chi connectivity index (χ0n) is 9.66. The summed E-state index contributed by atoms with van der Waals surface area (Å²) < 4.78 is 0. The third-order valence-electron chi connectivity index (χ3n) is 1.79. The Morgan fingerprint density at radius 1 is 1.38 bits per heavy atom. The number of hydrogen-bond acceptors (Lipinski definition) is 4. The fourth-order valence-electron chi connectivity index (χ4n) is 1.22. The molecular formula is C10H15ClN2OS2. The van der Waals surface area contributed by atoms with Crippen LogP contribution in [0.4, 0.5) is 5.69 Å². The van der Waals surface area contributed by atoms with Crippen LogP contribution in [0, 0.1) is 6.92 Å². The number of hydrogen-bond donors (Lipinski definition) is 1. The van der Waals surface area contributed by atoms with Gasteiger partial charge in [-0.3, -0.25) is 4.79 Å². The Hall–Kier alpha value is -0.390. The van der Waals surface area contributed by atoms with Crippen molar-refractivity contribution in [3.05, 3.63) is 11.8 Å². The van der Waals surface area contributed by atoms with Crippen molar-refractivity contribution in [3.8, 4) is 0 Å². The lowest BCUT2D eigenvalue weighted by atomic mass is 10.3. The molecule has 0 unspecified atom stereocenters.